The van der Waals surface area contributed by atoms with E-state index in [1.54, 1.807) is 12.3 Å². The zero-order valence-electron chi connectivity index (χ0n) is 14.1. The fourth-order valence-corrected chi connectivity index (χ4v) is 3.57. The zero-order chi connectivity index (χ0) is 17.6. The van der Waals surface area contributed by atoms with E-state index >= 15 is 0 Å². The number of aliphatic hydroxyl groups is 1. The molecule has 3 rings (SSSR count). The van der Waals surface area contributed by atoms with Gasteiger partial charge < -0.3 is 10.0 Å². The van der Waals surface area contributed by atoms with Gasteiger partial charge in [-0.2, -0.15) is 0 Å². The van der Waals surface area contributed by atoms with Crippen molar-refractivity contribution in [3.63, 3.8) is 0 Å². The van der Waals surface area contributed by atoms with E-state index in [0.29, 0.717) is 23.7 Å². The fourth-order valence-electron chi connectivity index (χ4n) is 3.39. The highest BCUT2D eigenvalue weighted by Gasteiger charge is 2.27. The minimum Gasteiger partial charge on any atom is -0.393 e. The van der Waals surface area contributed by atoms with Crippen LogP contribution in [0.4, 0.5) is 0 Å². The largest absolute Gasteiger partial charge is 0.393 e. The number of carbonyl (C=O) groups excluding carboxylic acids is 1. The average molecular weight is 359 g/mol. The summed E-state index contributed by atoms with van der Waals surface area (Å²) in [5, 5.41) is 11.0. The smallest absolute Gasteiger partial charge is 0.255 e. The Bertz CT molecular complexity index is 700. The molecule has 1 aliphatic heterocycles. The minimum atomic E-state index is -0.315. The van der Waals surface area contributed by atoms with Crippen LogP contribution in [0, 0.1) is 5.92 Å². The van der Waals surface area contributed by atoms with Crippen LogP contribution in [0.1, 0.15) is 35.2 Å². The number of hydrogen-bond donors (Lipinski definition) is 1. The average Bonchev–Trinajstić information content (AvgIpc) is 2.66. The standard InChI is InChI=1S/C20H23ClN2O2/c21-18-12-17(13-22-14-18)20(25)23-10-8-16(9-11-23)19(24)7-6-15-4-2-1-3-5-15/h1-5,12-14,16,19,24H,6-11H2/t19-/m0/s1. The number of aromatic nitrogens is 1. The van der Waals surface area contributed by atoms with Crippen LogP contribution >= 0.6 is 11.6 Å². The van der Waals surface area contributed by atoms with Gasteiger partial charge in [-0.25, -0.2) is 0 Å². The van der Waals surface area contributed by atoms with Gasteiger partial charge >= 0.3 is 0 Å². The Morgan fingerprint density at radius 1 is 1.24 bits per heavy atom. The molecule has 0 spiro atoms. The third-order valence-corrected chi connectivity index (χ3v) is 5.10. The summed E-state index contributed by atoms with van der Waals surface area (Å²) >= 11 is 5.91. The van der Waals surface area contributed by atoms with E-state index in [-0.39, 0.29) is 17.9 Å². The summed E-state index contributed by atoms with van der Waals surface area (Å²) < 4.78 is 0. The Morgan fingerprint density at radius 2 is 1.96 bits per heavy atom. The van der Waals surface area contributed by atoms with Gasteiger partial charge in [-0.3, -0.25) is 9.78 Å². The van der Waals surface area contributed by atoms with E-state index in [2.05, 4.69) is 17.1 Å². The van der Waals surface area contributed by atoms with Crippen molar-refractivity contribution in [1.29, 1.82) is 0 Å². The highest BCUT2D eigenvalue weighted by atomic mass is 35.5. The summed E-state index contributed by atoms with van der Waals surface area (Å²) in [6.45, 7) is 1.33. The Morgan fingerprint density at radius 3 is 2.64 bits per heavy atom. The molecular weight excluding hydrogens is 336 g/mol. The summed E-state index contributed by atoms with van der Waals surface area (Å²) in [5.41, 5.74) is 1.78. The summed E-state index contributed by atoms with van der Waals surface area (Å²) in [4.78, 5) is 18.3. The van der Waals surface area contributed by atoms with Crippen molar-refractivity contribution >= 4 is 17.5 Å². The number of aryl methyl sites for hydroxylation is 1. The molecule has 0 aliphatic carbocycles. The molecule has 1 aromatic carbocycles. The van der Waals surface area contributed by atoms with Crippen LogP contribution in [0.2, 0.25) is 5.02 Å². The maximum atomic E-state index is 12.5. The van der Waals surface area contributed by atoms with Gasteiger partial charge in [0.2, 0.25) is 0 Å². The van der Waals surface area contributed by atoms with E-state index < -0.39 is 0 Å². The summed E-state index contributed by atoms with van der Waals surface area (Å²) in [7, 11) is 0. The van der Waals surface area contributed by atoms with Crippen LogP contribution in [0.3, 0.4) is 0 Å². The van der Waals surface area contributed by atoms with Crippen molar-refractivity contribution in [2.24, 2.45) is 5.92 Å². The van der Waals surface area contributed by atoms with Crippen molar-refractivity contribution in [1.82, 2.24) is 9.88 Å². The summed E-state index contributed by atoms with van der Waals surface area (Å²) in [6.07, 6.45) is 6.06. The first-order valence-corrected chi connectivity index (χ1v) is 9.13. The van der Waals surface area contributed by atoms with E-state index in [1.807, 2.05) is 23.1 Å². The first-order valence-electron chi connectivity index (χ1n) is 8.75. The molecule has 1 amide bonds. The van der Waals surface area contributed by atoms with Gasteiger partial charge in [0.25, 0.3) is 5.91 Å². The van der Waals surface area contributed by atoms with Crippen molar-refractivity contribution < 1.29 is 9.90 Å². The number of hydrogen-bond acceptors (Lipinski definition) is 3. The number of benzene rings is 1. The second-order valence-electron chi connectivity index (χ2n) is 6.61. The van der Waals surface area contributed by atoms with Gasteiger partial charge in [-0.15, -0.1) is 0 Å². The Balaban J connectivity index is 1.48. The molecule has 1 fully saturated rings. The van der Waals surface area contributed by atoms with E-state index in [4.69, 9.17) is 11.6 Å². The molecule has 1 atom stereocenters. The van der Waals surface area contributed by atoms with Crippen molar-refractivity contribution in [3.8, 4) is 0 Å². The Labute approximate surface area is 153 Å². The van der Waals surface area contributed by atoms with Gasteiger partial charge in [0.1, 0.15) is 0 Å². The number of pyridine rings is 1. The molecule has 25 heavy (non-hydrogen) atoms. The van der Waals surface area contributed by atoms with Gasteiger partial charge in [0.05, 0.1) is 16.7 Å². The van der Waals surface area contributed by atoms with Crippen molar-refractivity contribution in [2.45, 2.75) is 31.8 Å². The molecule has 5 heteroatoms. The number of piperidine rings is 1. The first-order chi connectivity index (χ1) is 12.1. The van der Waals surface area contributed by atoms with Crippen LogP contribution < -0.4 is 0 Å². The van der Waals surface area contributed by atoms with Crippen LogP contribution in [-0.2, 0) is 6.42 Å². The van der Waals surface area contributed by atoms with E-state index in [1.165, 1.54) is 11.8 Å². The quantitative estimate of drug-likeness (QED) is 0.888. The fraction of sp³-hybridized carbons (Fsp3) is 0.400. The number of aliphatic hydroxyl groups excluding tert-OH is 1. The molecular formula is C20H23ClN2O2. The van der Waals surface area contributed by atoms with Crippen molar-refractivity contribution in [3.05, 3.63) is 64.9 Å². The first kappa shape index (κ1) is 17.9. The van der Waals surface area contributed by atoms with Crippen molar-refractivity contribution in [2.75, 3.05) is 13.1 Å². The lowest BCUT2D eigenvalue weighted by atomic mass is 9.88. The lowest BCUT2D eigenvalue weighted by molar-refractivity contribution is 0.0436. The maximum Gasteiger partial charge on any atom is 0.255 e. The molecule has 0 radical (unpaired) electrons. The second-order valence-corrected chi connectivity index (χ2v) is 7.05. The lowest BCUT2D eigenvalue weighted by Crippen LogP contribution is -2.41. The number of amides is 1. The predicted octanol–water partition coefficient (Wildman–Crippen LogP) is 3.58. The predicted molar refractivity (Wildman–Crippen MR) is 98.6 cm³/mol. The third-order valence-electron chi connectivity index (χ3n) is 4.89. The lowest BCUT2D eigenvalue weighted by Gasteiger charge is -2.34. The molecule has 0 unspecified atom stereocenters. The molecule has 0 bridgehead atoms. The molecule has 1 saturated heterocycles. The SMILES string of the molecule is O=C(c1cncc(Cl)c1)N1CCC([C@@H](O)CCc2ccccc2)CC1. The molecule has 2 heterocycles. The Kier molecular flexibility index (Phi) is 6.05. The molecule has 1 N–H and O–H groups in total. The molecule has 4 nitrogen and oxygen atoms in total. The number of nitrogens with zero attached hydrogens (tertiary/aromatic N) is 2. The Hall–Kier alpha value is -1.91. The van der Waals surface area contributed by atoms with Gasteiger partial charge in [0.15, 0.2) is 0 Å². The molecule has 2 aromatic rings. The topological polar surface area (TPSA) is 53.4 Å². The molecule has 132 valence electrons. The molecule has 0 saturated carbocycles. The van der Waals surface area contributed by atoms with Crippen LogP contribution in [0.15, 0.2) is 48.8 Å². The van der Waals surface area contributed by atoms with E-state index in [9.17, 15) is 9.90 Å². The second kappa shape index (κ2) is 8.45. The molecule has 1 aromatic heterocycles. The molecule has 1 aliphatic rings. The minimum absolute atomic E-state index is 0.0350. The van der Waals surface area contributed by atoms with Gasteiger partial charge in [-0.1, -0.05) is 41.9 Å². The summed E-state index contributed by atoms with van der Waals surface area (Å²) in [6, 6.07) is 11.9. The maximum absolute atomic E-state index is 12.5. The highest BCUT2D eigenvalue weighted by Crippen LogP contribution is 2.25. The normalized spacial score (nSPS) is 16.6. The number of rotatable bonds is 5. The number of likely N-dealkylation sites (tertiary alicyclic amines) is 1. The number of carbonyl (C=O) groups is 1. The number of halogens is 1. The van der Waals surface area contributed by atoms with Crippen LogP contribution in [0.5, 0.6) is 0 Å². The van der Waals surface area contributed by atoms with Crippen LogP contribution in [0.25, 0.3) is 0 Å². The third kappa shape index (κ3) is 4.80. The monoisotopic (exact) mass is 358 g/mol. The summed E-state index contributed by atoms with van der Waals surface area (Å²) in [5.74, 6) is 0.220. The van der Waals surface area contributed by atoms with E-state index in [0.717, 1.165) is 25.7 Å². The zero-order valence-corrected chi connectivity index (χ0v) is 14.9. The highest BCUT2D eigenvalue weighted by molar-refractivity contribution is 6.30. The van der Waals surface area contributed by atoms with Gasteiger partial charge in [0, 0.05) is 25.5 Å². The van der Waals surface area contributed by atoms with Gasteiger partial charge in [-0.05, 0) is 43.2 Å². The van der Waals surface area contributed by atoms with Crippen LogP contribution in [-0.4, -0.2) is 40.1 Å².